The first kappa shape index (κ1) is 12.7. The van der Waals surface area contributed by atoms with E-state index in [1.165, 1.54) is 0 Å². The predicted molar refractivity (Wildman–Crippen MR) is 53.9 cm³/mol. The molecule has 0 aliphatic rings. The Morgan fingerprint density at radius 2 is 1.17 bits per heavy atom. The Labute approximate surface area is 77.4 Å². The summed E-state index contributed by atoms with van der Waals surface area (Å²) in [6.07, 6.45) is 4.48. The van der Waals surface area contributed by atoms with Crippen LogP contribution in [0.1, 0.15) is 25.7 Å². The molecule has 12 heavy (non-hydrogen) atoms. The van der Waals surface area contributed by atoms with Crippen molar-refractivity contribution in [1.29, 1.82) is 0 Å². The summed E-state index contributed by atoms with van der Waals surface area (Å²) in [6.45, 7) is 1.72. The third-order valence-corrected chi connectivity index (χ3v) is 2.47. The van der Waals surface area contributed by atoms with Crippen molar-refractivity contribution in [2.45, 2.75) is 25.7 Å². The quantitative estimate of drug-likeness (QED) is 0.377. The molecule has 0 saturated heterocycles. The molecule has 2 N–H and O–H groups in total. The van der Waals surface area contributed by atoms with Crippen LogP contribution in [0.3, 0.4) is 0 Å². The summed E-state index contributed by atoms with van der Waals surface area (Å²) >= 11 is 0. The number of unbranched alkanes of at least 4 members (excludes halogenated alkanes) is 3. The smallest absolute Gasteiger partial charge is 0.0295 e. The summed E-state index contributed by atoms with van der Waals surface area (Å²) in [5.74, 6) is 0. The van der Waals surface area contributed by atoms with Gasteiger partial charge >= 0.3 is 0 Å². The van der Waals surface area contributed by atoms with Crippen molar-refractivity contribution in [3.63, 3.8) is 0 Å². The highest BCUT2D eigenvalue weighted by molar-refractivity contribution is 7.27. The Morgan fingerprint density at radius 3 is 1.50 bits per heavy atom. The molecule has 2 atom stereocenters. The predicted octanol–water partition coefficient (Wildman–Crippen LogP) is -1.07. The molecule has 0 spiro atoms. The van der Waals surface area contributed by atoms with Crippen molar-refractivity contribution >= 4 is 17.9 Å². The zero-order valence-corrected chi connectivity index (χ0v) is 9.52. The van der Waals surface area contributed by atoms with Crippen LogP contribution in [0, 0.1) is 0 Å². The molecule has 6 heteroatoms. The molecular weight excluding hydrogens is 194 g/mol. The fourth-order valence-electron chi connectivity index (χ4n) is 0.926. The molecule has 0 aromatic heterocycles. The van der Waals surface area contributed by atoms with E-state index in [2.05, 4.69) is 10.2 Å². The van der Waals surface area contributed by atoms with Crippen molar-refractivity contribution in [2.75, 3.05) is 13.1 Å². The maximum Gasteiger partial charge on any atom is 0.0295 e. The van der Waals surface area contributed by atoms with Gasteiger partial charge in [0.1, 0.15) is 0 Å². The second-order valence-electron chi connectivity index (χ2n) is 2.56. The van der Waals surface area contributed by atoms with Crippen molar-refractivity contribution < 1.29 is 9.79 Å². The molecule has 0 aliphatic heterocycles. The third kappa shape index (κ3) is 10.7. The van der Waals surface area contributed by atoms with Gasteiger partial charge < -0.3 is 9.79 Å². The van der Waals surface area contributed by atoms with Crippen LogP contribution >= 0.6 is 17.9 Å². The lowest BCUT2D eigenvalue weighted by atomic mass is 10.2. The van der Waals surface area contributed by atoms with Gasteiger partial charge in [0.25, 0.3) is 0 Å². The van der Waals surface area contributed by atoms with Gasteiger partial charge in [-0.05, 0) is 12.8 Å². The highest BCUT2D eigenvalue weighted by atomic mass is 31.1. The molecule has 0 aliphatic carbocycles. The fourth-order valence-corrected chi connectivity index (χ4v) is 1.57. The first-order valence-corrected chi connectivity index (χ1v) is 6.35. The zero-order chi connectivity index (χ0) is 9.07. The molecule has 0 rings (SSSR count). The lowest BCUT2D eigenvalue weighted by Crippen LogP contribution is -2.09. The zero-order valence-electron chi connectivity index (χ0n) is 7.21. The van der Waals surface area contributed by atoms with E-state index in [9.17, 15) is 9.79 Å². The maximum absolute atomic E-state index is 10.0. The summed E-state index contributed by atoms with van der Waals surface area (Å²) in [5.41, 5.74) is 0. The molecule has 0 aromatic rings. The first-order chi connectivity index (χ1) is 5.91. The average molecular weight is 212 g/mol. The van der Waals surface area contributed by atoms with Gasteiger partial charge in [0.2, 0.25) is 0 Å². The van der Waals surface area contributed by atoms with E-state index in [1.54, 1.807) is 0 Å². The fraction of sp³-hybridized carbons (Fsp3) is 1.00. The molecule has 0 bridgehead atoms. The number of nitrogens with one attached hydrogen (secondary N) is 2. The minimum Gasteiger partial charge on any atom is -0.669 e. The van der Waals surface area contributed by atoms with E-state index in [0.717, 1.165) is 38.8 Å². The topological polar surface area (TPSA) is 70.2 Å². The van der Waals surface area contributed by atoms with E-state index < -0.39 is 17.9 Å². The molecule has 0 aromatic carbocycles. The monoisotopic (exact) mass is 212 g/mol. The van der Waals surface area contributed by atoms with Crippen molar-refractivity contribution in [2.24, 2.45) is 0 Å². The number of hydrogen-bond acceptors (Lipinski definition) is 4. The van der Waals surface area contributed by atoms with E-state index >= 15 is 0 Å². The largest absolute Gasteiger partial charge is 0.669 e. The van der Waals surface area contributed by atoms with Gasteiger partial charge in [-0.1, -0.05) is 12.8 Å². The molecule has 4 nitrogen and oxygen atoms in total. The summed E-state index contributed by atoms with van der Waals surface area (Å²) in [5, 5.41) is 5.63. The van der Waals surface area contributed by atoms with Gasteiger partial charge in [-0.3, -0.25) is 0 Å². The standard InChI is InChI=1S/C6H18N2O2P2/c9-11-7-5-3-1-2-4-6-8-12-10/h7-8H,1-6,11-12H2. The molecule has 0 radical (unpaired) electrons. The average Bonchev–Trinajstić information content (AvgIpc) is 2.10. The highest BCUT2D eigenvalue weighted by Gasteiger charge is 1.90. The normalized spacial score (nSPS) is 12.5. The Hall–Kier alpha value is 0.700. The lowest BCUT2D eigenvalue weighted by molar-refractivity contribution is -0.153. The Bertz CT molecular complexity index is 77.9. The summed E-state index contributed by atoms with van der Waals surface area (Å²) in [7, 11) is -1.56. The Balaban J connectivity index is 2.73. The second kappa shape index (κ2) is 11.7. The van der Waals surface area contributed by atoms with Crippen molar-refractivity contribution in [1.82, 2.24) is 10.2 Å². The van der Waals surface area contributed by atoms with Gasteiger partial charge in [-0.2, -0.15) is 0 Å². The summed E-state index contributed by atoms with van der Waals surface area (Å²) in [4.78, 5) is 20.1. The Kier molecular flexibility index (Phi) is 12.4. The van der Waals surface area contributed by atoms with Crippen LogP contribution in [-0.2, 0) is 0 Å². The van der Waals surface area contributed by atoms with Crippen LogP contribution in [0.2, 0.25) is 0 Å². The van der Waals surface area contributed by atoms with Gasteiger partial charge in [0.05, 0.1) is 0 Å². The van der Waals surface area contributed by atoms with Gasteiger partial charge in [0.15, 0.2) is 0 Å². The van der Waals surface area contributed by atoms with E-state index in [1.807, 2.05) is 0 Å². The van der Waals surface area contributed by atoms with Crippen molar-refractivity contribution in [3.8, 4) is 0 Å². The van der Waals surface area contributed by atoms with Gasteiger partial charge in [-0.25, -0.2) is 10.2 Å². The SMILES string of the molecule is [O-][PH2+]NCCCCCCN[PH2+][O-]. The molecular formula is C6H18N2O2P2. The number of rotatable bonds is 9. The molecule has 2 unspecified atom stereocenters. The van der Waals surface area contributed by atoms with Gasteiger partial charge in [0, 0.05) is 31.0 Å². The molecule has 0 amide bonds. The van der Waals surface area contributed by atoms with E-state index in [-0.39, 0.29) is 0 Å². The summed E-state index contributed by atoms with van der Waals surface area (Å²) in [6, 6.07) is 0. The van der Waals surface area contributed by atoms with Gasteiger partial charge in [-0.15, -0.1) is 0 Å². The third-order valence-electron chi connectivity index (χ3n) is 1.56. The lowest BCUT2D eigenvalue weighted by Gasteiger charge is -2.01. The minimum atomic E-state index is -0.782. The molecule has 0 heterocycles. The second-order valence-corrected chi connectivity index (χ2v) is 3.85. The minimum absolute atomic E-state index is 0.782. The van der Waals surface area contributed by atoms with Crippen LogP contribution in [0.25, 0.3) is 0 Å². The maximum atomic E-state index is 10.0. The number of hydrogen-bond donors (Lipinski definition) is 2. The molecule has 0 saturated carbocycles. The van der Waals surface area contributed by atoms with E-state index in [4.69, 9.17) is 0 Å². The van der Waals surface area contributed by atoms with E-state index in [0.29, 0.717) is 0 Å². The Morgan fingerprint density at radius 1 is 0.750 bits per heavy atom. The summed E-state index contributed by atoms with van der Waals surface area (Å²) < 4.78 is 0. The molecule has 74 valence electrons. The molecule has 0 fully saturated rings. The highest BCUT2D eigenvalue weighted by Crippen LogP contribution is 2.00. The van der Waals surface area contributed by atoms with Crippen LogP contribution in [0.4, 0.5) is 0 Å². The van der Waals surface area contributed by atoms with Crippen LogP contribution in [-0.4, -0.2) is 13.1 Å². The van der Waals surface area contributed by atoms with Crippen LogP contribution in [0.5, 0.6) is 0 Å². The van der Waals surface area contributed by atoms with Crippen LogP contribution < -0.4 is 20.0 Å². The first-order valence-electron chi connectivity index (χ1n) is 4.26. The van der Waals surface area contributed by atoms with Crippen molar-refractivity contribution in [3.05, 3.63) is 0 Å². The van der Waals surface area contributed by atoms with Crippen LogP contribution in [0.15, 0.2) is 0 Å².